The summed E-state index contributed by atoms with van der Waals surface area (Å²) in [6, 6.07) is 11.1. The minimum absolute atomic E-state index is 0.0350. The fourth-order valence-corrected chi connectivity index (χ4v) is 3.27. The van der Waals surface area contributed by atoms with Gasteiger partial charge in [-0.05, 0) is 12.0 Å². The second-order valence-electron chi connectivity index (χ2n) is 7.00. The average molecular weight is 441 g/mol. The molecule has 0 amide bonds. The number of hydrogen-bond donors (Lipinski definition) is 2. The molecule has 2 aromatic carbocycles. The van der Waals surface area contributed by atoms with Gasteiger partial charge < -0.3 is 19.7 Å². The van der Waals surface area contributed by atoms with Crippen LogP contribution in [0.4, 0.5) is 5.69 Å². The predicted octanol–water partition coefficient (Wildman–Crippen LogP) is 3.64. The van der Waals surface area contributed by atoms with E-state index in [1.54, 1.807) is 0 Å². The van der Waals surface area contributed by atoms with Crippen LogP contribution in [0, 0.1) is 10.1 Å². The lowest BCUT2D eigenvalue weighted by molar-refractivity contribution is -0.384. The lowest BCUT2D eigenvalue weighted by atomic mass is 9.94. The minimum Gasteiger partial charge on any atom is -0.481 e. The number of hydrogen-bond acceptors (Lipinski definition) is 7. The topological polar surface area (TPSA) is 153 Å². The zero-order valence-corrected chi connectivity index (χ0v) is 16.7. The number of benzene rings is 2. The average Bonchev–Trinajstić information content (AvgIpc) is 3.21. The van der Waals surface area contributed by atoms with Crippen LogP contribution in [-0.2, 0) is 20.7 Å². The predicted molar refractivity (Wildman–Crippen MR) is 110 cm³/mol. The summed E-state index contributed by atoms with van der Waals surface area (Å²) in [6.07, 6.45) is 0.131. The number of aromatic carboxylic acids is 1. The highest BCUT2D eigenvalue weighted by Crippen LogP contribution is 2.34. The lowest BCUT2D eigenvalue weighted by Gasteiger charge is -2.14. The number of rotatable bonds is 10. The molecule has 0 saturated carbocycles. The first-order chi connectivity index (χ1) is 15.3. The standard InChI is InChI=1S/C22H19NO9/c24-17(7-4-8-19(25)26)15-10-14(23(29)30)11-16(21(15)22(27)28)18-12-31-20(32-18)9-13-5-2-1-3-6-13/h1-3,5-6,10-12,20H,4,7-9H2,(H,25,26)(H,27,28). The van der Waals surface area contributed by atoms with Crippen molar-refractivity contribution >= 4 is 29.2 Å². The summed E-state index contributed by atoms with van der Waals surface area (Å²) in [5.74, 6) is -3.35. The van der Waals surface area contributed by atoms with Gasteiger partial charge in [-0.1, -0.05) is 30.3 Å². The van der Waals surface area contributed by atoms with Crippen LogP contribution < -0.4 is 0 Å². The first kappa shape index (κ1) is 22.5. The zero-order chi connectivity index (χ0) is 23.3. The Balaban J connectivity index is 1.93. The van der Waals surface area contributed by atoms with Gasteiger partial charge in [0.15, 0.2) is 11.5 Å². The van der Waals surface area contributed by atoms with Crippen molar-refractivity contribution in [2.75, 3.05) is 0 Å². The molecular formula is C22H19NO9. The number of nitro groups is 1. The Kier molecular flexibility index (Phi) is 6.83. The van der Waals surface area contributed by atoms with Crippen LogP contribution >= 0.6 is 0 Å². The molecule has 0 bridgehead atoms. The number of ketones is 1. The molecule has 10 heteroatoms. The highest BCUT2D eigenvalue weighted by Gasteiger charge is 2.31. The largest absolute Gasteiger partial charge is 0.481 e. The molecule has 1 aliphatic heterocycles. The van der Waals surface area contributed by atoms with Gasteiger partial charge in [0.1, 0.15) is 6.26 Å². The highest BCUT2D eigenvalue weighted by molar-refractivity contribution is 6.09. The van der Waals surface area contributed by atoms with Gasteiger partial charge in [0.2, 0.25) is 6.29 Å². The number of ether oxygens (including phenoxy) is 2. The Morgan fingerprint density at radius 2 is 1.78 bits per heavy atom. The molecular weight excluding hydrogens is 422 g/mol. The third-order valence-corrected chi connectivity index (χ3v) is 4.74. The van der Waals surface area contributed by atoms with Crippen molar-refractivity contribution in [1.82, 2.24) is 0 Å². The Labute approximate surface area is 181 Å². The third kappa shape index (κ3) is 5.28. The number of carbonyl (C=O) groups excluding carboxylic acids is 1. The monoisotopic (exact) mass is 441 g/mol. The molecule has 166 valence electrons. The van der Waals surface area contributed by atoms with E-state index < -0.39 is 40.2 Å². The molecule has 0 aliphatic carbocycles. The molecule has 1 unspecified atom stereocenters. The summed E-state index contributed by atoms with van der Waals surface area (Å²) in [5.41, 5.74) is -0.611. The number of non-ortho nitro benzene ring substituents is 1. The summed E-state index contributed by atoms with van der Waals surface area (Å²) in [5, 5.41) is 29.9. The van der Waals surface area contributed by atoms with Gasteiger partial charge in [-0.15, -0.1) is 0 Å². The molecule has 3 rings (SSSR count). The van der Waals surface area contributed by atoms with E-state index in [0.29, 0.717) is 6.42 Å². The maximum Gasteiger partial charge on any atom is 0.337 e. The maximum atomic E-state index is 12.6. The van der Waals surface area contributed by atoms with E-state index in [4.69, 9.17) is 14.6 Å². The molecule has 10 nitrogen and oxygen atoms in total. The van der Waals surface area contributed by atoms with Crippen molar-refractivity contribution in [3.63, 3.8) is 0 Å². The van der Waals surface area contributed by atoms with Crippen molar-refractivity contribution in [3.8, 4) is 0 Å². The van der Waals surface area contributed by atoms with E-state index in [-0.39, 0.29) is 36.1 Å². The molecule has 0 saturated heterocycles. The fourth-order valence-electron chi connectivity index (χ4n) is 3.27. The Hall–Kier alpha value is -4.21. The maximum absolute atomic E-state index is 12.6. The second-order valence-corrected chi connectivity index (χ2v) is 7.00. The van der Waals surface area contributed by atoms with Crippen LogP contribution in [-0.4, -0.2) is 39.1 Å². The van der Waals surface area contributed by atoms with E-state index in [1.165, 1.54) is 0 Å². The van der Waals surface area contributed by atoms with Gasteiger partial charge in [0.25, 0.3) is 5.69 Å². The first-order valence-corrected chi connectivity index (χ1v) is 9.63. The highest BCUT2D eigenvalue weighted by atomic mass is 16.7. The molecule has 1 heterocycles. The molecule has 0 fully saturated rings. The number of nitrogens with zero attached hydrogens (tertiary/aromatic N) is 1. The van der Waals surface area contributed by atoms with E-state index >= 15 is 0 Å². The number of carboxylic acid groups (broad SMARTS) is 2. The molecule has 0 spiro atoms. The van der Waals surface area contributed by atoms with Crippen molar-refractivity contribution in [2.24, 2.45) is 0 Å². The number of nitro benzene ring substituents is 1. The molecule has 0 aromatic heterocycles. The number of Topliss-reactive ketones (excluding diaryl/α,β-unsaturated/α-hetero) is 1. The zero-order valence-electron chi connectivity index (χ0n) is 16.7. The van der Waals surface area contributed by atoms with Crippen LogP contribution in [0.5, 0.6) is 0 Å². The quantitative estimate of drug-likeness (QED) is 0.319. The van der Waals surface area contributed by atoms with Gasteiger partial charge in [-0.2, -0.15) is 0 Å². The number of aliphatic carboxylic acids is 1. The van der Waals surface area contributed by atoms with E-state index in [2.05, 4.69) is 0 Å². The summed E-state index contributed by atoms with van der Waals surface area (Å²) in [6.45, 7) is 0. The SMILES string of the molecule is O=C(O)CCCC(=O)c1cc([N+](=O)[O-])cc(C2=COC(Cc3ccccc3)O2)c1C(=O)O. The molecule has 1 aliphatic rings. The fraction of sp³-hybridized carbons (Fsp3) is 0.227. The van der Waals surface area contributed by atoms with Crippen molar-refractivity contribution in [1.29, 1.82) is 0 Å². The Bertz CT molecular complexity index is 1090. The van der Waals surface area contributed by atoms with Gasteiger partial charge in [-0.25, -0.2) is 4.79 Å². The second kappa shape index (κ2) is 9.73. The summed E-state index contributed by atoms with van der Waals surface area (Å²) >= 11 is 0. The van der Waals surface area contributed by atoms with Gasteiger partial charge in [0.05, 0.1) is 10.5 Å². The normalized spacial score (nSPS) is 14.8. The Morgan fingerprint density at radius 1 is 1.06 bits per heavy atom. The van der Waals surface area contributed by atoms with Crippen molar-refractivity contribution in [2.45, 2.75) is 32.0 Å². The van der Waals surface area contributed by atoms with E-state index in [0.717, 1.165) is 24.0 Å². The van der Waals surface area contributed by atoms with Crippen molar-refractivity contribution in [3.05, 3.63) is 81.1 Å². The molecule has 2 N–H and O–H groups in total. The lowest BCUT2D eigenvalue weighted by Crippen LogP contribution is -2.15. The first-order valence-electron chi connectivity index (χ1n) is 9.63. The van der Waals surface area contributed by atoms with Crippen LogP contribution in [0.25, 0.3) is 5.76 Å². The summed E-state index contributed by atoms with van der Waals surface area (Å²) < 4.78 is 11.1. The van der Waals surface area contributed by atoms with Crippen LogP contribution in [0.15, 0.2) is 48.7 Å². The summed E-state index contributed by atoms with van der Waals surface area (Å²) in [7, 11) is 0. The summed E-state index contributed by atoms with van der Waals surface area (Å²) in [4.78, 5) is 46.0. The third-order valence-electron chi connectivity index (χ3n) is 4.74. The van der Waals surface area contributed by atoms with Crippen LogP contribution in [0.1, 0.15) is 51.1 Å². The molecule has 0 radical (unpaired) electrons. The van der Waals surface area contributed by atoms with Crippen LogP contribution in [0.2, 0.25) is 0 Å². The molecule has 2 aromatic rings. The van der Waals surface area contributed by atoms with E-state index in [1.807, 2.05) is 30.3 Å². The van der Waals surface area contributed by atoms with Crippen molar-refractivity contribution < 1.29 is 39.0 Å². The molecule has 1 atom stereocenters. The molecule has 32 heavy (non-hydrogen) atoms. The number of carboxylic acids is 2. The van der Waals surface area contributed by atoms with Gasteiger partial charge in [-0.3, -0.25) is 19.7 Å². The number of carbonyl (C=O) groups is 3. The van der Waals surface area contributed by atoms with Gasteiger partial charge >= 0.3 is 11.9 Å². The van der Waals surface area contributed by atoms with E-state index in [9.17, 15) is 29.6 Å². The smallest absolute Gasteiger partial charge is 0.337 e. The van der Waals surface area contributed by atoms with Gasteiger partial charge in [0, 0.05) is 42.5 Å². The van der Waals surface area contributed by atoms with Crippen LogP contribution in [0.3, 0.4) is 0 Å². The minimum atomic E-state index is -1.48. The Morgan fingerprint density at radius 3 is 2.41 bits per heavy atom.